The van der Waals surface area contributed by atoms with Gasteiger partial charge in [0.15, 0.2) is 0 Å². The third-order valence-corrected chi connectivity index (χ3v) is 2.91. The van der Waals surface area contributed by atoms with Crippen LogP contribution in [0, 0.1) is 0 Å². The van der Waals surface area contributed by atoms with Crippen molar-refractivity contribution in [1.29, 1.82) is 0 Å². The Labute approximate surface area is 113 Å². The summed E-state index contributed by atoms with van der Waals surface area (Å²) in [5, 5.41) is 11.6. The summed E-state index contributed by atoms with van der Waals surface area (Å²) < 4.78 is 0. The number of carboxylic acids is 1. The first-order valence-corrected chi connectivity index (χ1v) is 5.79. The highest BCUT2D eigenvalue weighted by Crippen LogP contribution is 2.13. The third kappa shape index (κ3) is 2.82. The number of pyridine rings is 1. The van der Waals surface area contributed by atoms with Crippen molar-refractivity contribution in [3.05, 3.63) is 29.0 Å². The number of aliphatic carboxylic acids is 1. The molecule has 0 bridgehead atoms. The van der Waals surface area contributed by atoms with Gasteiger partial charge in [0.05, 0.1) is 0 Å². The molecule has 0 saturated carbocycles. The van der Waals surface area contributed by atoms with Gasteiger partial charge in [-0.2, -0.15) is 0 Å². The van der Waals surface area contributed by atoms with Crippen LogP contribution in [0.25, 0.3) is 0 Å². The van der Waals surface area contributed by atoms with Crippen LogP contribution in [0.5, 0.6) is 0 Å². The molecule has 0 radical (unpaired) electrons. The van der Waals surface area contributed by atoms with Crippen LogP contribution in [-0.4, -0.2) is 51.9 Å². The van der Waals surface area contributed by atoms with Gasteiger partial charge in [-0.15, -0.1) is 0 Å². The summed E-state index contributed by atoms with van der Waals surface area (Å²) in [5.41, 5.74) is 0.195. The molecule has 19 heavy (non-hydrogen) atoms. The van der Waals surface area contributed by atoms with Crippen molar-refractivity contribution < 1.29 is 19.5 Å². The second kappa shape index (κ2) is 5.23. The zero-order valence-electron chi connectivity index (χ0n) is 9.67. The molecule has 1 aliphatic heterocycles. The van der Waals surface area contributed by atoms with Crippen molar-refractivity contribution in [2.75, 3.05) is 13.1 Å². The number of hydrogen-bond acceptors (Lipinski definition) is 4. The van der Waals surface area contributed by atoms with Crippen LogP contribution in [-0.2, 0) is 9.59 Å². The van der Waals surface area contributed by atoms with E-state index < -0.39 is 23.8 Å². The number of rotatable bonds is 2. The summed E-state index contributed by atoms with van der Waals surface area (Å²) >= 11 is 5.68. The minimum Gasteiger partial charge on any atom is -0.480 e. The van der Waals surface area contributed by atoms with Crippen molar-refractivity contribution in [3.8, 4) is 0 Å². The predicted molar refractivity (Wildman–Crippen MR) is 64.7 cm³/mol. The Balaban J connectivity index is 2.28. The molecule has 1 fully saturated rings. The van der Waals surface area contributed by atoms with Gasteiger partial charge in [-0.3, -0.25) is 9.59 Å². The summed E-state index contributed by atoms with van der Waals surface area (Å²) in [4.78, 5) is 39.3. The Bertz CT molecular complexity index is 548. The maximum Gasteiger partial charge on any atom is 0.328 e. The summed E-state index contributed by atoms with van der Waals surface area (Å²) in [7, 11) is 0. The molecule has 0 aliphatic carbocycles. The lowest BCUT2D eigenvalue weighted by Gasteiger charge is -2.32. The Morgan fingerprint density at radius 3 is 2.89 bits per heavy atom. The minimum absolute atomic E-state index is 0.112. The van der Waals surface area contributed by atoms with Gasteiger partial charge in [0, 0.05) is 18.3 Å². The number of halogens is 1. The van der Waals surface area contributed by atoms with Crippen LogP contribution in [0.15, 0.2) is 18.3 Å². The van der Waals surface area contributed by atoms with Crippen LogP contribution < -0.4 is 5.32 Å². The Morgan fingerprint density at radius 2 is 2.26 bits per heavy atom. The molecule has 1 aromatic heterocycles. The fourth-order valence-corrected chi connectivity index (χ4v) is 1.95. The maximum atomic E-state index is 12.2. The van der Waals surface area contributed by atoms with Crippen molar-refractivity contribution in [2.45, 2.75) is 6.04 Å². The number of carbonyl (C=O) groups is 3. The molecule has 7 nitrogen and oxygen atoms in total. The topological polar surface area (TPSA) is 99.6 Å². The second-order valence-corrected chi connectivity index (χ2v) is 4.35. The van der Waals surface area contributed by atoms with Crippen LogP contribution in [0.2, 0.25) is 5.15 Å². The van der Waals surface area contributed by atoms with E-state index >= 15 is 0 Å². The van der Waals surface area contributed by atoms with Crippen LogP contribution in [0.1, 0.15) is 10.4 Å². The first-order chi connectivity index (χ1) is 8.99. The zero-order valence-corrected chi connectivity index (χ0v) is 10.4. The van der Waals surface area contributed by atoms with Gasteiger partial charge in [-0.05, 0) is 12.1 Å². The summed E-state index contributed by atoms with van der Waals surface area (Å²) in [6, 6.07) is 1.66. The second-order valence-electron chi connectivity index (χ2n) is 3.96. The van der Waals surface area contributed by atoms with E-state index in [4.69, 9.17) is 16.7 Å². The van der Waals surface area contributed by atoms with Crippen molar-refractivity contribution in [1.82, 2.24) is 15.2 Å². The molecule has 1 aromatic rings. The minimum atomic E-state index is -1.17. The Kier molecular flexibility index (Phi) is 3.66. The van der Waals surface area contributed by atoms with E-state index in [2.05, 4.69) is 10.3 Å². The SMILES string of the molecule is O=C1CN(C(=O)c2ccnc(Cl)c2)C(C(=O)O)CN1. The molecule has 2 amide bonds. The zero-order chi connectivity index (χ0) is 14.0. The number of nitrogens with zero attached hydrogens (tertiary/aromatic N) is 2. The molecular formula is C11H10ClN3O4. The average Bonchev–Trinajstić information content (AvgIpc) is 2.37. The molecule has 1 atom stereocenters. The summed E-state index contributed by atoms with van der Waals surface area (Å²) in [6.07, 6.45) is 1.34. The molecule has 2 rings (SSSR count). The predicted octanol–water partition coefficient (Wildman–Crippen LogP) is -0.240. The molecule has 1 unspecified atom stereocenters. The van der Waals surface area contributed by atoms with Crippen LogP contribution in [0.4, 0.5) is 0 Å². The highest BCUT2D eigenvalue weighted by atomic mass is 35.5. The Morgan fingerprint density at radius 1 is 1.53 bits per heavy atom. The van der Waals surface area contributed by atoms with E-state index in [-0.39, 0.29) is 23.8 Å². The number of carboxylic acid groups (broad SMARTS) is 1. The molecule has 2 N–H and O–H groups in total. The van der Waals surface area contributed by atoms with E-state index in [1.165, 1.54) is 18.3 Å². The molecular weight excluding hydrogens is 274 g/mol. The standard InChI is InChI=1S/C11H10ClN3O4/c12-8-3-6(1-2-13-8)10(17)15-5-9(16)14-4-7(15)11(18)19/h1-3,7H,4-5H2,(H,14,16)(H,18,19). The van der Waals surface area contributed by atoms with Gasteiger partial charge < -0.3 is 15.3 Å². The highest BCUT2D eigenvalue weighted by Gasteiger charge is 2.35. The number of hydrogen-bond donors (Lipinski definition) is 2. The van der Waals surface area contributed by atoms with E-state index in [1.807, 2.05) is 0 Å². The molecule has 0 spiro atoms. The lowest BCUT2D eigenvalue weighted by Crippen LogP contribution is -2.59. The first-order valence-electron chi connectivity index (χ1n) is 5.41. The third-order valence-electron chi connectivity index (χ3n) is 2.70. The molecule has 100 valence electrons. The first kappa shape index (κ1) is 13.3. The van der Waals surface area contributed by atoms with Crippen molar-refractivity contribution in [2.24, 2.45) is 0 Å². The van der Waals surface area contributed by atoms with Crippen molar-refractivity contribution >= 4 is 29.4 Å². The normalized spacial score (nSPS) is 18.9. The molecule has 1 saturated heterocycles. The summed E-state index contributed by atoms with van der Waals surface area (Å²) in [5.74, 6) is -2.13. The fourth-order valence-electron chi connectivity index (χ4n) is 1.78. The van der Waals surface area contributed by atoms with Crippen molar-refractivity contribution in [3.63, 3.8) is 0 Å². The molecule has 2 heterocycles. The van der Waals surface area contributed by atoms with E-state index in [1.54, 1.807) is 0 Å². The number of carbonyl (C=O) groups excluding carboxylic acids is 2. The monoisotopic (exact) mass is 283 g/mol. The quantitative estimate of drug-likeness (QED) is 0.730. The lowest BCUT2D eigenvalue weighted by atomic mass is 10.1. The van der Waals surface area contributed by atoms with Gasteiger partial charge in [0.2, 0.25) is 5.91 Å². The van der Waals surface area contributed by atoms with Gasteiger partial charge >= 0.3 is 5.97 Å². The lowest BCUT2D eigenvalue weighted by molar-refractivity contribution is -0.144. The van der Waals surface area contributed by atoms with Gasteiger partial charge in [-0.25, -0.2) is 9.78 Å². The fraction of sp³-hybridized carbons (Fsp3) is 0.273. The van der Waals surface area contributed by atoms with Gasteiger partial charge in [-0.1, -0.05) is 11.6 Å². The van der Waals surface area contributed by atoms with E-state index in [0.717, 1.165) is 4.90 Å². The maximum absolute atomic E-state index is 12.2. The molecule has 8 heteroatoms. The Hall–Kier alpha value is -2.15. The van der Waals surface area contributed by atoms with Crippen LogP contribution in [0.3, 0.4) is 0 Å². The number of piperazine rings is 1. The highest BCUT2D eigenvalue weighted by molar-refractivity contribution is 6.29. The van der Waals surface area contributed by atoms with E-state index in [0.29, 0.717) is 0 Å². The average molecular weight is 284 g/mol. The number of amides is 2. The number of aromatic nitrogens is 1. The number of nitrogens with one attached hydrogen (secondary N) is 1. The summed E-state index contributed by atoms with van der Waals surface area (Å²) in [6.45, 7) is -0.408. The van der Waals surface area contributed by atoms with E-state index in [9.17, 15) is 14.4 Å². The van der Waals surface area contributed by atoms with Gasteiger partial charge in [0.25, 0.3) is 5.91 Å². The van der Waals surface area contributed by atoms with Gasteiger partial charge in [0.1, 0.15) is 17.7 Å². The largest absolute Gasteiger partial charge is 0.480 e. The molecule has 1 aliphatic rings. The van der Waals surface area contributed by atoms with Crippen LogP contribution >= 0.6 is 11.6 Å². The molecule has 0 aromatic carbocycles. The smallest absolute Gasteiger partial charge is 0.328 e.